The number of thiophene rings is 2. The summed E-state index contributed by atoms with van der Waals surface area (Å²) in [4.78, 5) is 2.43. The second-order valence-corrected chi connectivity index (χ2v) is 17.4. The van der Waals surface area contributed by atoms with Crippen LogP contribution in [0, 0.1) is 0 Å². The van der Waals surface area contributed by atoms with Crippen LogP contribution >= 0.6 is 22.7 Å². The minimum absolute atomic E-state index is 1.11. The highest BCUT2D eigenvalue weighted by molar-refractivity contribution is 7.26. The van der Waals surface area contributed by atoms with Crippen LogP contribution in [0.1, 0.15) is 0 Å². The van der Waals surface area contributed by atoms with Crippen LogP contribution in [0.25, 0.3) is 95.3 Å². The van der Waals surface area contributed by atoms with Gasteiger partial charge in [0.1, 0.15) is 0 Å². The standard InChI is InChI=1S/C56H35NS2/c1-2-13-36(14-3-1)51-34-40(29-31-45(51)48-21-12-22-49-46-19-8-11-24-54(46)59-56(48)49)57(41-30-32-55-52(35-41)47-20-9-10-23-53(47)58-55)39-27-25-37(26-28-39)50-33-38-15-4-5-16-42(38)43-17-6-7-18-44(43)50/h1-35H. The average Bonchev–Trinajstić information content (AvgIpc) is 3.88. The maximum absolute atomic E-state index is 2.43. The van der Waals surface area contributed by atoms with Gasteiger partial charge in [0.15, 0.2) is 0 Å². The molecule has 0 atom stereocenters. The van der Waals surface area contributed by atoms with Gasteiger partial charge in [-0.15, -0.1) is 22.7 Å². The highest BCUT2D eigenvalue weighted by Crippen LogP contribution is 2.47. The maximum Gasteiger partial charge on any atom is 0.0468 e. The molecule has 0 saturated carbocycles. The van der Waals surface area contributed by atoms with Crippen LogP contribution in [0.5, 0.6) is 0 Å². The lowest BCUT2D eigenvalue weighted by atomic mass is 9.92. The lowest BCUT2D eigenvalue weighted by Crippen LogP contribution is -2.10. The summed E-state index contributed by atoms with van der Waals surface area (Å²) in [5, 5.41) is 10.3. The zero-order valence-corrected chi connectivity index (χ0v) is 33.6. The van der Waals surface area contributed by atoms with Gasteiger partial charge >= 0.3 is 0 Å². The first-order valence-corrected chi connectivity index (χ1v) is 21.7. The number of nitrogens with zero attached hydrogens (tertiary/aromatic N) is 1. The Balaban J connectivity index is 1.06. The van der Waals surface area contributed by atoms with Gasteiger partial charge in [0.05, 0.1) is 0 Å². The van der Waals surface area contributed by atoms with Gasteiger partial charge < -0.3 is 4.90 Å². The van der Waals surface area contributed by atoms with E-state index in [2.05, 4.69) is 217 Å². The molecule has 12 rings (SSSR count). The van der Waals surface area contributed by atoms with Crippen molar-refractivity contribution in [2.45, 2.75) is 0 Å². The first-order chi connectivity index (χ1) is 29.2. The van der Waals surface area contributed by atoms with Crippen LogP contribution in [0.3, 0.4) is 0 Å². The summed E-state index contributed by atoms with van der Waals surface area (Å²) in [6.07, 6.45) is 0. The summed E-state index contributed by atoms with van der Waals surface area (Å²) in [7, 11) is 0. The van der Waals surface area contributed by atoms with Gasteiger partial charge in [-0.3, -0.25) is 0 Å². The molecule has 0 aliphatic heterocycles. The molecule has 0 fully saturated rings. The third-order valence-electron chi connectivity index (χ3n) is 11.9. The Bertz CT molecular complexity index is 3560. The van der Waals surface area contributed by atoms with E-state index in [0.29, 0.717) is 0 Å². The molecule has 0 aliphatic rings. The van der Waals surface area contributed by atoms with Crippen LogP contribution in [-0.2, 0) is 0 Å². The molecule has 0 aliphatic carbocycles. The first kappa shape index (κ1) is 34.0. The van der Waals surface area contributed by atoms with Crippen LogP contribution < -0.4 is 4.90 Å². The number of hydrogen-bond acceptors (Lipinski definition) is 3. The molecule has 2 heterocycles. The molecule has 0 saturated heterocycles. The van der Waals surface area contributed by atoms with Gasteiger partial charge in [-0.2, -0.15) is 0 Å². The minimum atomic E-state index is 1.11. The highest BCUT2D eigenvalue weighted by Gasteiger charge is 2.20. The molecular formula is C56H35NS2. The molecule has 59 heavy (non-hydrogen) atoms. The number of anilines is 3. The summed E-state index contributed by atoms with van der Waals surface area (Å²) < 4.78 is 5.24. The van der Waals surface area contributed by atoms with Gasteiger partial charge in [-0.1, -0.05) is 152 Å². The largest absolute Gasteiger partial charge is 0.310 e. The number of fused-ring (bicyclic) bond motifs is 9. The van der Waals surface area contributed by atoms with E-state index in [1.54, 1.807) is 0 Å². The molecule has 0 amide bonds. The Morgan fingerprint density at radius 2 is 0.847 bits per heavy atom. The zero-order chi connectivity index (χ0) is 38.9. The molecule has 0 unspecified atom stereocenters. The Morgan fingerprint density at radius 1 is 0.271 bits per heavy atom. The fourth-order valence-corrected chi connectivity index (χ4v) is 11.4. The maximum atomic E-state index is 2.43. The third kappa shape index (κ3) is 5.66. The van der Waals surface area contributed by atoms with E-state index in [9.17, 15) is 0 Å². The van der Waals surface area contributed by atoms with Crippen molar-refractivity contribution in [1.29, 1.82) is 0 Å². The van der Waals surface area contributed by atoms with E-state index in [0.717, 1.165) is 17.1 Å². The van der Waals surface area contributed by atoms with E-state index in [-0.39, 0.29) is 0 Å². The van der Waals surface area contributed by atoms with Crippen molar-refractivity contribution in [3.63, 3.8) is 0 Å². The lowest BCUT2D eigenvalue weighted by molar-refractivity contribution is 1.29. The summed E-state index contributed by atoms with van der Waals surface area (Å²) >= 11 is 3.74. The molecule has 0 N–H and O–H groups in total. The quantitative estimate of drug-likeness (QED) is 0.152. The smallest absolute Gasteiger partial charge is 0.0468 e. The molecule has 1 nitrogen and oxygen atoms in total. The van der Waals surface area contributed by atoms with E-state index < -0.39 is 0 Å². The van der Waals surface area contributed by atoms with E-state index >= 15 is 0 Å². The van der Waals surface area contributed by atoms with E-state index in [1.165, 1.54) is 95.3 Å². The van der Waals surface area contributed by atoms with Crippen LogP contribution in [0.4, 0.5) is 17.1 Å². The Hall–Kier alpha value is -7.04. The molecule has 0 spiro atoms. The van der Waals surface area contributed by atoms with Crippen molar-refractivity contribution in [2.75, 3.05) is 4.90 Å². The predicted molar refractivity (Wildman–Crippen MR) is 258 cm³/mol. The predicted octanol–water partition coefficient (Wildman–Crippen LogP) is 17.2. The Labute approximate surface area is 350 Å². The fraction of sp³-hybridized carbons (Fsp3) is 0. The van der Waals surface area contributed by atoms with Gasteiger partial charge in [-0.25, -0.2) is 0 Å². The second kappa shape index (κ2) is 13.8. The number of rotatable bonds is 6. The van der Waals surface area contributed by atoms with Crippen molar-refractivity contribution < 1.29 is 0 Å². The van der Waals surface area contributed by atoms with Gasteiger partial charge in [0.2, 0.25) is 0 Å². The summed E-state index contributed by atoms with van der Waals surface area (Å²) in [6.45, 7) is 0. The fourth-order valence-electron chi connectivity index (χ4n) is 9.11. The normalized spacial score (nSPS) is 11.7. The molecule has 0 radical (unpaired) electrons. The van der Waals surface area contributed by atoms with E-state index in [1.807, 2.05) is 22.7 Å². The molecule has 3 heteroatoms. The van der Waals surface area contributed by atoms with Crippen LogP contribution in [0.2, 0.25) is 0 Å². The van der Waals surface area contributed by atoms with Crippen molar-refractivity contribution in [2.24, 2.45) is 0 Å². The first-order valence-electron chi connectivity index (χ1n) is 20.1. The average molecular weight is 786 g/mol. The second-order valence-electron chi connectivity index (χ2n) is 15.2. The van der Waals surface area contributed by atoms with E-state index in [4.69, 9.17) is 0 Å². The van der Waals surface area contributed by atoms with Gasteiger partial charge in [-0.05, 0) is 110 Å². The third-order valence-corrected chi connectivity index (χ3v) is 14.2. The molecular weight excluding hydrogens is 751 g/mol. The van der Waals surface area contributed by atoms with Gasteiger partial charge in [0, 0.05) is 63.0 Å². The zero-order valence-electron chi connectivity index (χ0n) is 32.0. The van der Waals surface area contributed by atoms with Crippen LogP contribution in [-0.4, -0.2) is 0 Å². The topological polar surface area (TPSA) is 3.24 Å². The van der Waals surface area contributed by atoms with Crippen molar-refractivity contribution in [3.8, 4) is 33.4 Å². The molecule has 10 aromatic carbocycles. The number of benzene rings is 10. The SMILES string of the molecule is c1ccc(-c2cc(N(c3ccc(-c4cc5ccccc5c5ccccc45)cc3)c3ccc4sc5ccccc5c4c3)ccc2-c2cccc3c2sc2ccccc23)cc1. The molecule has 276 valence electrons. The highest BCUT2D eigenvalue weighted by atomic mass is 32.1. The molecule has 0 bridgehead atoms. The van der Waals surface area contributed by atoms with Crippen molar-refractivity contribution in [3.05, 3.63) is 212 Å². The summed E-state index contributed by atoms with van der Waals surface area (Å²) in [5.74, 6) is 0. The Kier molecular flexibility index (Phi) is 7.97. The lowest BCUT2D eigenvalue weighted by Gasteiger charge is -2.27. The van der Waals surface area contributed by atoms with Crippen LogP contribution in [0.15, 0.2) is 212 Å². The van der Waals surface area contributed by atoms with Gasteiger partial charge in [0.25, 0.3) is 0 Å². The molecule has 12 aromatic rings. The monoisotopic (exact) mass is 785 g/mol. The minimum Gasteiger partial charge on any atom is -0.310 e. The van der Waals surface area contributed by atoms with Crippen molar-refractivity contribution in [1.82, 2.24) is 0 Å². The van der Waals surface area contributed by atoms with Crippen molar-refractivity contribution >= 4 is 102 Å². The summed E-state index contributed by atoms with van der Waals surface area (Å²) in [6, 6.07) is 78.3. The summed E-state index contributed by atoms with van der Waals surface area (Å²) in [5.41, 5.74) is 10.7. The Morgan fingerprint density at radius 3 is 1.66 bits per heavy atom. The number of hydrogen-bond donors (Lipinski definition) is 0. The molecule has 2 aromatic heterocycles.